The Hall–Kier alpha value is -1.13. The highest BCUT2D eigenvalue weighted by molar-refractivity contribution is 5.30. The summed E-state index contributed by atoms with van der Waals surface area (Å²) in [5.74, 6) is -0.140. The summed E-state index contributed by atoms with van der Waals surface area (Å²) in [4.78, 5) is 2.35. The van der Waals surface area contributed by atoms with Crippen molar-refractivity contribution >= 4 is 0 Å². The van der Waals surface area contributed by atoms with E-state index in [9.17, 15) is 9.50 Å². The Kier molecular flexibility index (Phi) is 5.16. The van der Waals surface area contributed by atoms with Crippen LogP contribution in [0.15, 0.2) is 18.2 Å². The van der Waals surface area contributed by atoms with Crippen LogP contribution in [-0.2, 0) is 0 Å². The van der Waals surface area contributed by atoms with Gasteiger partial charge in [0.25, 0.3) is 0 Å². The molecule has 4 heteroatoms. The number of hydrogen-bond acceptors (Lipinski definition) is 3. The molecule has 1 aromatic carbocycles. The smallest absolute Gasteiger partial charge is 0.165 e. The quantitative estimate of drug-likeness (QED) is 0.890. The van der Waals surface area contributed by atoms with E-state index in [-0.39, 0.29) is 5.75 Å². The molecule has 19 heavy (non-hydrogen) atoms. The average Bonchev–Trinajstić information content (AvgIpc) is 2.41. The third-order valence-corrected chi connectivity index (χ3v) is 3.55. The number of piperidine rings is 1. The molecule has 0 aromatic heterocycles. The van der Waals surface area contributed by atoms with Gasteiger partial charge >= 0.3 is 0 Å². The molecule has 0 amide bonds. The molecule has 0 spiro atoms. The van der Waals surface area contributed by atoms with E-state index in [2.05, 4.69) is 4.90 Å². The second-order valence-electron chi connectivity index (χ2n) is 5.12. The SMILES string of the molecule is CC(O)c1ccc(OCCN2CCCCC2)c(F)c1. The molecule has 1 N–H and O–H groups in total. The molecule has 0 aliphatic carbocycles. The highest BCUT2D eigenvalue weighted by Crippen LogP contribution is 2.22. The van der Waals surface area contributed by atoms with Gasteiger partial charge in [0, 0.05) is 6.54 Å². The van der Waals surface area contributed by atoms with E-state index in [4.69, 9.17) is 4.74 Å². The molecule has 106 valence electrons. The predicted molar refractivity (Wildman–Crippen MR) is 72.8 cm³/mol. The van der Waals surface area contributed by atoms with Gasteiger partial charge < -0.3 is 9.84 Å². The van der Waals surface area contributed by atoms with Crippen LogP contribution in [-0.4, -0.2) is 36.2 Å². The summed E-state index contributed by atoms with van der Waals surface area (Å²) in [5, 5.41) is 9.37. The number of halogens is 1. The van der Waals surface area contributed by atoms with Crippen molar-refractivity contribution in [2.75, 3.05) is 26.2 Å². The summed E-state index contributed by atoms with van der Waals surface area (Å²) in [6.45, 7) is 5.20. The number of aliphatic hydroxyl groups is 1. The minimum atomic E-state index is -0.656. The minimum Gasteiger partial charge on any atom is -0.489 e. The molecule has 0 radical (unpaired) electrons. The van der Waals surface area contributed by atoms with Crippen LogP contribution >= 0.6 is 0 Å². The fourth-order valence-electron chi connectivity index (χ4n) is 2.36. The molecular weight excluding hydrogens is 245 g/mol. The molecule has 1 fully saturated rings. The van der Waals surface area contributed by atoms with Crippen molar-refractivity contribution in [3.05, 3.63) is 29.6 Å². The third-order valence-electron chi connectivity index (χ3n) is 3.55. The monoisotopic (exact) mass is 267 g/mol. The first kappa shape index (κ1) is 14.3. The molecule has 1 saturated heterocycles. The van der Waals surface area contributed by atoms with E-state index in [1.807, 2.05) is 0 Å². The largest absolute Gasteiger partial charge is 0.489 e. The first-order valence-corrected chi connectivity index (χ1v) is 6.99. The maximum Gasteiger partial charge on any atom is 0.165 e. The van der Waals surface area contributed by atoms with Gasteiger partial charge in [0.2, 0.25) is 0 Å². The topological polar surface area (TPSA) is 32.7 Å². The van der Waals surface area contributed by atoms with Crippen LogP contribution in [0.25, 0.3) is 0 Å². The number of aliphatic hydroxyl groups excluding tert-OH is 1. The molecule has 3 nitrogen and oxygen atoms in total. The van der Waals surface area contributed by atoms with Crippen LogP contribution in [0.2, 0.25) is 0 Å². The minimum absolute atomic E-state index is 0.265. The maximum atomic E-state index is 13.7. The summed E-state index contributed by atoms with van der Waals surface area (Å²) < 4.78 is 19.2. The van der Waals surface area contributed by atoms with Crippen LogP contribution in [0.1, 0.15) is 37.9 Å². The fraction of sp³-hybridized carbons (Fsp3) is 0.600. The van der Waals surface area contributed by atoms with Gasteiger partial charge in [0.15, 0.2) is 11.6 Å². The molecule has 1 aliphatic rings. The highest BCUT2D eigenvalue weighted by atomic mass is 19.1. The van der Waals surface area contributed by atoms with Crippen molar-refractivity contribution in [3.63, 3.8) is 0 Å². The molecule has 1 aliphatic heterocycles. The molecule has 0 bridgehead atoms. The Labute approximate surface area is 114 Å². The molecule has 1 heterocycles. The lowest BCUT2D eigenvalue weighted by atomic mass is 10.1. The third kappa shape index (κ3) is 4.18. The summed E-state index contributed by atoms with van der Waals surface area (Å²) in [6.07, 6.45) is 3.15. The molecule has 1 unspecified atom stereocenters. The molecule has 0 saturated carbocycles. The van der Waals surface area contributed by atoms with Crippen molar-refractivity contribution in [1.82, 2.24) is 4.90 Å². The zero-order chi connectivity index (χ0) is 13.7. The normalized spacial score (nSPS) is 18.3. The Morgan fingerprint density at radius 2 is 2.05 bits per heavy atom. The highest BCUT2D eigenvalue weighted by Gasteiger charge is 2.11. The zero-order valence-corrected chi connectivity index (χ0v) is 11.4. The van der Waals surface area contributed by atoms with Gasteiger partial charge in [-0.05, 0) is 50.6 Å². The average molecular weight is 267 g/mol. The van der Waals surface area contributed by atoms with Crippen LogP contribution in [0.5, 0.6) is 5.75 Å². The molecular formula is C15H22FNO2. The summed E-state index contributed by atoms with van der Waals surface area (Å²) in [6, 6.07) is 4.62. The van der Waals surface area contributed by atoms with Gasteiger partial charge in [0.1, 0.15) is 6.61 Å². The van der Waals surface area contributed by atoms with Crippen molar-refractivity contribution in [2.24, 2.45) is 0 Å². The lowest BCUT2D eigenvalue weighted by Crippen LogP contribution is -2.33. The van der Waals surface area contributed by atoms with E-state index in [0.29, 0.717) is 12.2 Å². The van der Waals surface area contributed by atoms with Crippen molar-refractivity contribution < 1.29 is 14.2 Å². The second kappa shape index (κ2) is 6.87. The van der Waals surface area contributed by atoms with Crippen molar-refractivity contribution in [3.8, 4) is 5.75 Å². The molecule has 1 atom stereocenters. The standard InChI is InChI=1S/C15H22FNO2/c1-12(18)13-5-6-15(14(16)11-13)19-10-9-17-7-3-2-4-8-17/h5-6,11-12,18H,2-4,7-10H2,1H3. The van der Waals surface area contributed by atoms with Crippen LogP contribution in [0.4, 0.5) is 4.39 Å². The van der Waals surface area contributed by atoms with Gasteiger partial charge in [-0.3, -0.25) is 4.90 Å². The summed E-state index contributed by atoms with van der Waals surface area (Å²) in [5.41, 5.74) is 0.570. The zero-order valence-electron chi connectivity index (χ0n) is 11.4. The van der Waals surface area contributed by atoms with Crippen molar-refractivity contribution in [2.45, 2.75) is 32.3 Å². The number of hydrogen-bond donors (Lipinski definition) is 1. The lowest BCUT2D eigenvalue weighted by Gasteiger charge is -2.26. The van der Waals surface area contributed by atoms with Gasteiger partial charge in [-0.1, -0.05) is 12.5 Å². The fourth-order valence-corrected chi connectivity index (χ4v) is 2.36. The molecule has 1 aromatic rings. The van der Waals surface area contributed by atoms with Gasteiger partial charge in [-0.15, -0.1) is 0 Å². The van der Waals surface area contributed by atoms with E-state index in [1.165, 1.54) is 25.3 Å². The Morgan fingerprint density at radius 3 is 2.68 bits per heavy atom. The lowest BCUT2D eigenvalue weighted by molar-refractivity contribution is 0.179. The first-order chi connectivity index (χ1) is 9.16. The number of benzene rings is 1. The number of ether oxygens (including phenoxy) is 1. The van der Waals surface area contributed by atoms with Gasteiger partial charge in [-0.25, -0.2) is 4.39 Å². The Morgan fingerprint density at radius 1 is 1.32 bits per heavy atom. The van der Waals surface area contributed by atoms with E-state index in [0.717, 1.165) is 19.6 Å². The van der Waals surface area contributed by atoms with Crippen LogP contribution in [0.3, 0.4) is 0 Å². The summed E-state index contributed by atoms with van der Waals surface area (Å²) >= 11 is 0. The van der Waals surface area contributed by atoms with E-state index in [1.54, 1.807) is 19.1 Å². The van der Waals surface area contributed by atoms with Gasteiger partial charge in [0.05, 0.1) is 6.10 Å². The number of nitrogens with zero attached hydrogens (tertiary/aromatic N) is 1. The van der Waals surface area contributed by atoms with E-state index < -0.39 is 11.9 Å². The predicted octanol–water partition coefficient (Wildman–Crippen LogP) is 2.74. The van der Waals surface area contributed by atoms with E-state index >= 15 is 0 Å². The maximum absolute atomic E-state index is 13.7. The number of rotatable bonds is 5. The first-order valence-electron chi connectivity index (χ1n) is 6.99. The Bertz CT molecular complexity index is 403. The Balaban J connectivity index is 1.82. The van der Waals surface area contributed by atoms with Crippen molar-refractivity contribution in [1.29, 1.82) is 0 Å². The second-order valence-corrected chi connectivity index (χ2v) is 5.12. The summed E-state index contributed by atoms with van der Waals surface area (Å²) in [7, 11) is 0. The van der Waals surface area contributed by atoms with Gasteiger partial charge in [-0.2, -0.15) is 0 Å². The van der Waals surface area contributed by atoms with Crippen LogP contribution in [0, 0.1) is 5.82 Å². The van der Waals surface area contributed by atoms with Crippen LogP contribution < -0.4 is 4.74 Å². The molecule has 2 rings (SSSR count). The number of likely N-dealkylation sites (tertiary alicyclic amines) is 1.